The molecule has 0 saturated heterocycles. The number of hydrogen-bond acceptors (Lipinski definition) is 26. The molecule has 0 spiro atoms. The van der Waals surface area contributed by atoms with E-state index < -0.39 is 266 Å². The van der Waals surface area contributed by atoms with E-state index in [0.29, 0.717) is 0 Å². The van der Waals surface area contributed by atoms with E-state index in [0.717, 1.165) is 0 Å². The van der Waals surface area contributed by atoms with Crippen LogP contribution in [-0.2, 0) is 101 Å². The van der Waals surface area contributed by atoms with Crippen molar-refractivity contribution >= 4 is 101 Å². The van der Waals surface area contributed by atoms with Gasteiger partial charge in [-0.3, -0.25) is 0 Å². The van der Waals surface area contributed by atoms with Gasteiger partial charge in [-0.25, -0.2) is 17.2 Å². The van der Waals surface area contributed by atoms with Crippen molar-refractivity contribution in [2.45, 2.75) is 78.8 Å². The highest BCUT2D eigenvalue weighted by Gasteiger charge is 2.59. The van der Waals surface area contributed by atoms with Gasteiger partial charge in [-0.2, -0.15) is 216 Å². The quantitative estimate of drug-likeness (QED) is 0.0675. The van der Waals surface area contributed by atoms with Gasteiger partial charge in [-0.15, -0.1) is 0 Å². The van der Waals surface area contributed by atoms with Crippen LogP contribution in [0.25, 0.3) is 0 Å². The molecule has 0 amide bonds. The molecule has 2 aromatic rings. The fraction of sp³-hybridized carbons (Fsp3) is 0.333. The first-order valence-electron chi connectivity index (χ1n) is 25.7. The van der Waals surface area contributed by atoms with E-state index in [4.69, 9.17) is 0 Å². The third kappa shape index (κ3) is 19.2. The van der Waals surface area contributed by atoms with Crippen LogP contribution in [-0.4, -0.2) is 156 Å². The fourth-order valence-electron chi connectivity index (χ4n) is 7.75. The molecule has 636 valence electrons. The number of alkyl halides is 30. The predicted octanol–water partition coefficient (Wildman–Crippen LogP) is 9.85. The summed E-state index contributed by atoms with van der Waals surface area (Å²) in [7, 11) is -69.8. The second-order valence-corrected chi connectivity index (χ2v) is 36.5. The zero-order chi connectivity index (χ0) is 87.4. The lowest BCUT2D eigenvalue weighted by molar-refractivity contribution is -0.0510. The lowest BCUT2D eigenvalue weighted by atomic mass is 9.88. The summed E-state index contributed by atoms with van der Waals surface area (Å²) < 4.78 is 659. The van der Waals surface area contributed by atoms with Crippen LogP contribution in [0.15, 0.2) is 110 Å². The zero-order valence-electron chi connectivity index (χ0n) is 50.5. The first-order chi connectivity index (χ1) is 49.4. The minimum atomic E-state index is -7.42. The summed E-state index contributed by atoms with van der Waals surface area (Å²) in [6, 6.07) is -1.29. The Bertz CT molecular complexity index is 4860. The van der Waals surface area contributed by atoms with Crippen LogP contribution in [0.4, 0.5) is 132 Å². The Balaban J connectivity index is 0.000000400. The van der Waals surface area contributed by atoms with Crippen LogP contribution in [0.3, 0.4) is 0 Å². The summed E-state index contributed by atoms with van der Waals surface area (Å²) >= 11 is 0. The summed E-state index contributed by atoms with van der Waals surface area (Å²) in [6.07, 6.45) is -1.81. The Morgan fingerprint density at radius 2 is 0.330 bits per heavy atom. The van der Waals surface area contributed by atoms with Gasteiger partial charge in [0.1, 0.15) is 0 Å². The maximum atomic E-state index is 13.6. The lowest BCUT2D eigenvalue weighted by Crippen LogP contribution is -2.35. The topological polar surface area (TPSA) is 410 Å². The molecule has 2 aromatic carbocycles. The van der Waals surface area contributed by atoms with Crippen molar-refractivity contribution in [2.24, 2.45) is 0 Å². The maximum absolute atomic E-state index is 13.6. The standard InChI is InChI=1S/2C21H11F15N2O13S5/c2*22-17(23,24)52(39,40)37-5-1-10(2-6-37)14-12(49-54(43,44)19(28,29)30)9-13(50-55(45,46)20(31,32)33)15(16(14)51-56(47,48)21(34,35)36)11-3-7-38(8-4-11)53(41,42)18(25,26)27/h2*1-11H. The molecule has 30 nitrogen and oxygen atoms in total. The molecule has 0 unspecified atom stereocenters. The van der Waals surface area contributed by atoms with Crippen molar-refractivity contribution in [3.8, 4) is 34.5 Å². The van der Waals surface area contributed by atoms with Gasteiger partial charge < -0.3 is 25.1 Å². The highest BCUT2D eigenvalue weighted by molar-refractivity contribution is 7.91. The number of allylic oxidation sites excluding steroid dienone is 8. The van der Waals surface area contributed by atoms with E-state index in [9.17, 15) is 216 Å². The van der Waals surface area contributed by atoms with Gasteiger partial charge in [0, 0.05) is 85.4 Å². The molecule has 0 aromatic heterocycles. The average molecular weight is 1890 g/mol. The Morgan fingerprint density at radius 1 is 0.205 bits per heavy atom. The SMILES string of the molecule is O=S(=O)(Oc1cc(OS(=O)(=O)C(F)(F)F)c(C2C=CN(S(=O)(=O)C(F)(F)F)C=C2)c(OS(=O)(=O)C(F)(F)F)c1C1C=CN(S(=O)(=O)C(F)(F)F)C=C1)C(F)(F)F.O=S(=O)(Oc1cc(OS(=O)(=O)C(F)(F)F)c(C2C=CN(S(=O)(=O)C(F)(F)F)C=C2)c(OS(=O)(=O)C(F)(F)F)c1C1C=CN(S(=O)(=O)C(F)(F)F)C=C1)C(F)(F)F. The van der Waals surface area contributed by atoms with E-state index in [1.807, 2.05) is 0 Å². The Hall–Kier alpha value is -8.24. The normalized spacial score (nSPS) is 17.4. The minimum absolute atomic E-state index is 0.0142. The van der Waals surface area contributed by atoms with Gasteiger partial charge in [0.05, 0.1) is 22.3 Å². The van der Waals surface area contributed by atoms with Crippen molar-refractivity contribution in [1.29, 1.82) is 0 Å². The molecular formula is C42H22F30N4O26S10. The Kier molecular flexibility index (Phi) is 24.9. The maximum Gasteiger partial charge on any atom is 0.534 e. The van der Waals surface area contributed by atoms with E-state index in [1.165, 1.54) is 0 Å². The van der Waals surface area contributed by atoms with E-state index in [2.05, 4.69) is 25.1 Å². The average Bonchev–Trinajstić information content (AvgIpc) is 0.742. The third-order valence-electron chi connectivity index (χ3n) is 12.6. The molecule has 0 radical (unpaired) electrons. The summed E-state index contributed by atoms with van der Waals surface area (Å²) in [4.78, 5) is 0. The molecule has 112 heavy (non-hydrogen) atoms. The number of sulfonamides is 4. The van der Waals surface area contributed by atoms with Crippen molar-refractivity contribution < 1.29 is 241 Å². The van der Waals surface area contributed by atoms with Crippen molar-refractivity contribution in [3.05, 3.63) is 133 Å². The van der Waals surface area contributed by atoms with Crippen LogP contribution in [0.5, 0.6) is 34.5 Å². The minimum Gasteiger partial charge on any atom is -0.375 e. The highest BCUT2D eigenvalue weighted by atomic mass is 32.3. The molecule has 0 saturated carbocycles. The van der Waals surface area contributed by atoms with Gasteiger partial charge in [-0.1, -0.05) is 48.6 Å². The predicted molar refractivity (Wildman–Crippen MR) is 298 cm³/mol. The molecule has 0 aliphatic carbocycles. The molecule has 4 aliphatic rings. The van der Waals surface area contributed by atoms with Crippen LogP contribution in [0, 0.1) is 0 Å². The number of rotatable bonds is 20. The molecule has 0 atom stereocenters. The Morgan fingerprint density at radius 3 is 0.446 bits per heavy atom. The number of nitrogens with zero attached hydrogens (tertiary/aromatic N) is 4. The molecule has 4 heterocycles. The van der Waals surface area contributed by atoms with Gasteiger partial charge in [0.15, 0.2) is 34.5 Å². The Labute approximate surface area is 602 Å². The highest BCUT2D eigenvalue weighted by Crippen LogP contribution is 2.55. The molecular weight excluding hydrogens is 1870 g/mol. The molecule has 0 bridgehead atoms. The van der Waals surface area contributed by atoms with Crippen LogP contribution in [0.1, 0.15) is 45.9 Å². The van der Waals surface area contributed by atoms with Crippen LogP contribution in [0.2, 0.25) is 0 Å². The summed E-state index contributed by atoms with van der Waals surface area (Å²) in [5.74, 6) is -25.1. The van der Waals surface area contributed by atoms with E-state index in [1.54, 1.807) is 0 Å². The molecule has 0 N–H and O–H groups in total. The van der Waals surface area contributed by atoms with Crippen molar-refractivity contribution in [2.75, 3.05) is 0 Å². The monoisotopic (exact) mass is 1890 g/mol. The molecule has 0 fully saturated rings. The third-order valence-corrected chi connectivity index (χ3v) is 23.9. The van der Waals surface area contributed by atoms with Gasteiger partial charge in [0.2, 0.25) is 0 Å². The van der Waals surface area contributed by atoms with Crippen molar-refractivity contribution in [1.82, 2.24) is 17.2 Å². The number of benzene rings is 2. The van der Waals surface area contributed by atoms with E-state index in [-0.39, 0.29) is 98.2 Å². The summed E-state index contributed by atoms with van der Waals surface area (Å²) in [6.45, 7) is 0. The summed E-state index contributed by atoms with van der Waals surface area (Å²) in [5, 5.41) is 0. The van der Waals surface area contributed by atoms with E-state index >= 15 is 0 Å². The smallest absolute Gasteiger partial charge is 0.375 e. The second kappa shape index (κ2) is 29.6. The van der Waals surface area contributed by atoms with Crippen LogP contribution >= 0.6 is 0 Å². The lowest BCUT2D eigenvalue weighted by Gasteiger charge is -2.29. The zero-order valence-corrected chi connectivity index (χ0v) is 58.7. The number of halogens is 30. The summed E-state index contributed by atoms with van der Waals surface area (Å²) in [5.41, 5.74) is -72.5. The van der Waals surface area contributed by atoms with Crippen LogP contribution < -0.4 is 25.1 Å². The first kappa shape index (κ1) is 94.4. The van der Waals surface area contributed by atoms with Gasteiger partial charge >= 0.3 is 156 Å². The molecule has 4 aliphatic heterocycles. The molecule has 6 rings (SSSR count). The fourth-order valence-corrected chi connectivity index (χ4v) is 13.4. The second-order valence-electron chi connectivity index (χ2n) is 19.9. The van der Waals surface area contributed by atoms with Crippen molar-refractivity contribution in [3.63, 3.8) is 0 Å². The van der Waals surface area contributed by atoms with Gasteiger partial charge in [0.25, 0.3) is 0 Å². The van der Waals surface area contributed by atoms with Gasteiger partial charge in [-0.05, 0) is 0 Å². The first-order valence-corrected chi connectivity index (χ1v) is 39.9. The number of hydrogen-bond donors (Lipinski definition) is 0. The largest absolute Gasteiger partial charge is 0.534 e. The molecule has 70 heteroatoms.